The van der Waals surface area contributed by atoms with Gasteiger partial charge in [0, 0.05) is 24.9 Å². The summed E-state index contributed by atoms with van der Waals surface area (Å²) in [5.41, 5.74) is 2.20. The molecule has 0 aliphatic carbocycles. The second kappa shape index (κ2) is 7.40. The van der Waals surface area contributed by atoms with Gasteiger partial charge in [-0.05, 0) is 26.3 Å². The molecule has 0 amide bonds. The molecule has 25 heavy (non-hydrogen) atoms. The molecule has 3 heterocycles. The van der Waals surface area contributed by atoms with E-state index in [9.17, 15) is 8.42 Å². The molecule has 2 aromatic rings. The van der Waals surface area contributed by atoms with Crippen LogP contribution in [-0.2, 0) is 16.4 Å². The molecular weight excluding hydrogens is 340 g/mol. The Balaban J connectivity index is 1.84. The molecule has 2 aromatic heterocycles. The van der Waals surface area contributed by atoms with Crippen molar-refractivity contribution >= 4 is 15.8 Å². The van der Waals surface area contributed by atoms with Crippen LogP contribution in [0.4, 0.5) is 5.95 Å². The summed E-state index contributed by atoms with van der Waals surface area (Å²) in [7, 11) is -3.37. The van der Waals surface area contributed by atoms with Gasteiger partial charge in [-0.15, -0.1) is 0 Å². The van der Waals surface area contributed by atoms with E-state index in [0.29, 0.717) is 18.2 Å². The van der Waals surface area contributed by atoms with Gasteiger partial charge in [0.1, 0.15) is 4.90 Å². The van der Waals surface area contributed by atoms with Gasteiger partial charge >= 0.3 is 0 Å². The molecule has 0 aromatic carbocycles. The molecule has 0 spiro atoms. The van der Waals surface area contributed by atoms with Gasteiger partial charge in [0.2, 0.25) is 5.95 Å². The van der Waals surface area contributed by atoms with Gasteiger partial charge in [-0.2, -0.15) is 0 Å². The van der Waals surface area contributed by atoms with E-state index in [1.807, 2.05) is 6.92 Å². The zero-order valence-corrected chi connectivity index (χ0v) is 15.2. The van der Waals surface area contributed by atoms with E-state index in [4.69, 9.17) is 0 Å². The standard InChI is InChI=1S/C16H22N6O2S/c1-11-6-19-13(8-18-11)9-20-16-21-10-14(25(2,23)24)15(22-16)12-4-3-5-17-7-12/h6,8,10,12,17H,3-5,7,9H2,1-2H3,(H,20,21,22). The highest BCUT2D eigenvalue weighted by Crippen LogP contribution is 2.27. The molecule has 134 valence electrons. The number of nitrogens with one attached hydrogen (secondary N) is 2. The third-order valence-electron chi connectivity index (χ3n) is 4.13. The minimum atomic E-state index is -3.37. The second-order valence-electron chi connectivity index (χ2n) is 6.26. The Labute approximate surface area is 147 Å². The monoisotopic (exact) mass is 362 g/mol. The van der Waals surface area contributed by atoms with Gasteiger partial charge in [-0.1, -0.05) is 0 Å². The van der Waals surface area contributed by atoms with E-state index in [1.165, 1.54) is 12.5 Å². The van der Waals surface area contributed by atoms with Crippen molar-refractivity contribution in [3.8, 4) is 0 Å². The fraction of sp³-hybridized carbons (Fsp3) is 0.500. The van der Waals surface area contributed by atoms with Crippen LogP contribution in [0.5, 0.6) is 0 Å². The molecular formula is C16H22N6O2S. The van der Waals surface area contributed by atoms with Crippen LogP contribution in [0.3, 0.4) is 0 Å². The Morgan fingerprint density at radius 1 is 1.24 bits per heavy atom. The first-order valence-electron chi connectivity index (χ1n) is 8.22. The average molecular weight is 362 g/mol. The molecule has 0 radical (unpaired) electrons. The van der Waals surface area contributed by atoms with Crippen molar-refractivity contribution in [2.45, 2.75) is 37.1 Å². The fourth-order valence-electron chi connectivity index (χ4n) is 2.81. The van der Waals surface area contributed by atoms with E-state index in [1.54, 1.807) is 12.4 Å². The number of nitrogens with zero attached hydrogens (tertiary/aromatic N) is 4. The number of piperidine rings is 1. The number of hydrogen-bond acceptors (Lipinski definition) is 8. The molecule has 2 N–H and O–H groups in total. The summed E-state index contributed by atoms with van der Waals surface area (Å²) < 4.78 is 24.2. The van der Waals surface area contributed by atoms with Crippen molar-refractivity contribution in [1.82, 2.24) is 25.3 Å². The maximum Gasteiger partial charge on any atom is 0.223 e. The minimum Gasteiger partial charge on any atom is -0.349 e. The molecule has 0 bridgehead atoms. The first kappa shape index (κ1) is 17.7. The zero-order valence-electron chi connectivity index (χ0n) is 14.4. The predicted octanol–water partition coefficient (Wildman–Crippen LogP) is 1.06. The molecule has 1 unspecified atom stereocenters. The Morgan fingerprint density at radius 3 is 2.72 bits per heavy atom. The highest BCUT2D eigenvalue weighted by molar-refractivity contribution is 7.90. The van der Waals surface area contributed by atoms with E-state index < -0.39 is 9.84 Å². The highest BCUT2D eigenvalue weighted by Gasteiger charge is 2.25. The fourth-order valence-corrected chi connectivity index (χ4v) is 3.65. The number of anilines is 1. The maximum atomic E-state index is 12.1. The van der Waals surface area contributed by atoms with E-state index in [0.717, 1.165) is 37.3 Å². The number of rotatable bonds is 5. The van der Waals surface area contributed by atoms with Crippen LogP contribution in [0.25, 0.3) is 0 Å². The normalized spacial score (nSPS) is 18.1. The molecule has 3 rings (SSSR count). The van der Waals surface area contributed by atoms with Gasteiger partial charge in [0.25, 0.3) is 0 Å². The van der Waals surface area contributed by atoms with E-state index in [-0.39, 0.29) is 10.8 Å². The first-order chi connectivity index (χ1) is 11.9. The van der Waals surface area contributed by atoms with Crippen LogP contribution in [-0.4, -0.2) is 47.7 Å². The SMILES string of the molecule is Cc1cnc(CNc2ncc(S(C)(=O)=O)c(C3CCCNC3)n2)cn1. The topological polar surface area (TPSA) is 110 Å². The average Bonchev–Trinajstić information content (AvgIpc) is 2.61. The van der Waals surface area contributed by atoms with Crippen molar-refractivity contribution in [3.63, 3.8) is 0 Å². The Kier molecular flexibility index (Phi) is 5.24. The van der Waals surface area contributed by atoms with Crippen molar-refractivity contribution in [1.29, 1.82) is 0 Å². The summed E-state index contributed by atoms with van der Waals surface area (Å²) in [6, 6.07) is 0. The minimum absolute atomic E-state index is 0.0705. The zero-order chi connectivity index (χ0) is 17.9. The van der Waals surface area contributed by atoms with Gasteiger partial charge in [0.05, 0.1) is 36.0 Å². The number of hydrogen-bond donors (Lipinski definition) is 2. The van der Waals surface area contributed by atoms with Crippen LogP contribution in [0, 0.1) is 6.92 Å². The summed E-state index contributed by atoms with van der Waals surface area (Å²) in [6.45, 7) is 3.98. The molecule has 9 heteroatoms. The van der Waals surface area contributed by atoms with Crippen LogP contribution in [0.2, 0.25) is 0 Å². The van der Waals surface area contributed by atoms with Crippen LogP contribution in [0.1, 0.15) is 35.8 Å². The molecule has 8 nitrogen and oxygen atoms in total. The third-order valence-corrected chi connectivity index (χ3v) is 5.24. The van der Waals surface area contributed by atoms with Crippen molar-refractivity contribution in [3.05, 3.63) is 35.7 Å². The summed E-state index contributed by atoms with van der Waals surface area (Å²) in [6.07, 6.45) is 7.90. The van der Waals surface area contributed by atoms with Gasteiger partial charge in [-0.25, -0.2) is 18.4 Å². The Morgan fingerprint density at radius 2 is 2.08 bits per heavy atom. The lowest BCUT2D eigenvalue weighted by molar-refractivity contribution is 0.448. The van der Waals surface area contributed by atoms with Crippen molar-refractivity contribution < 1.29 is 8.42 Å². The first-order valence-corrected chi connectivity index (χ1v) is 10.1. The lowest BCUT2D eigenvalue weighted by Crippen LogP contribution is -2.30. The van der Waals surface area contributed by atoms with Gasteiger partial charge < -0.3 is 10.6 Å². The molecule has 1 saturated heterocycles. The van der Waals surface area contributed by atoms with E-state index >= 15 is 0 Å². The Bertz CT molecular complexity index is 832. The van der Waals surface area contributed by atoms with Crippen LogP contribution >= 0.6 is 0 Å². The molecule has 0 saturated carbocycles. The maximum absolute atomic E-state index is 12.1. The van der Waals surface area contributed by atoms with Crippen molar-refractivity contribution in [2.24, 2.45) is 0 Å². The largest absolute Gasteiger partial charge is 0.349 e. The van der Waals surface area contributed by atoms with E-state index in [2.05, 4.69) is 30.6 Å². The molecule has 1 fully saturated rings. The summed E-state index contributed by atoms with van der Waals surface area (Å²) >= 11 is 0. The van der Waals surface area contributed by atoms with Gasteiger partial charge in [0.15, 0.2) is 9.84 Å². The molecule has 1 atom stereocenters. The third kappa shape index (κ3) is 4.49. The highest BCUT2D eigenvalue weighted by atomic mass is 32.2. The molecule has 1 aliphatic rings. The van der Waals surface area contributed by atoms with Crippen LogP contribution in [0.15, 0.2) is 23.5 Å². The molecule has 1 aliphatic heterocycles. The summed E-state index contributed by atoms with van der Waals surface area (Å²) in [4.78, 5) is 17.4. The number of sulfone groups is 1. The predicted molar refractivity (Wildman–Crippen MR) is 94.1 cm³/mol. The number of aryl methyl sites for hydroxylation is 1. The lowest BCUT2D eigenvalue weighted by Gasteiger charge is -2.24. The van der Waals surface area contributed by atoms with Crippen molar-refractivity contribution in [2.75, 3.05) is 24.7 Å². The lowest BCUT2D eigenvalue weighted by atomic mass is 9.96. The quantitative estimate of drug-likeness (QED) is 0.812. The summed E-state index contributed by atoms with van der Waals surface area (Å²) in [5, 5.41) is 6.40. The summed E-state index contributed by atoms with van der Waals surface area (Å²) in [5.74, 6) is 0.469. The van der Waals surface area contributed by atoms with Gasteiger partial charge in [-0.3, -0.25) is 9.97 Å². The number of aromatic nitrogens is 4. The smallest absolute Gasteiger partial charge is 0.223 e. The Hall–Kier alpha value is -2.13. The second-order valence-corrected chi connectivity index (χ2v) is 8.25. The van der Waals surface area contributed by atoms with Crippen LogP contribution < -0.4 is 10.6 Å².